The Morgan fingerprint density at radius 2 is 1.55 bits per heavy atom. The molecule has 2 N–H and O–H groups in total. The molecule has 14 heteroatoms. The Morgan fingerprint density at radius 1 is 0.968 bits per heavy atom. The fourth-order valence-electron chi connectivity index (χ4n) is 4.13. The van der Waals surface area contributed by atoms with Gasteiger partial charge in [0.2, 0.25) is 23.7 Å². The van der Waals surface area contributed by atoms with Crippen molar-refractivity contribution in [2.75, 3.05) is 10.6 Å². The summed E-state index contributed by atoms with van der Waals surface area (Å²) in [5, 5.41) is 3.36. The highest BCUT2D eigenvalue weighted by Gasteiger charge is 2.49. The van der Waals surface area contributed by atoms with E-state index in [0.717, 1.165) is 10.9 Å². The van der Waals surface area contributed by atoms with Gasteiger partial charge < -0.3 is 10.6 Å². The van der Waals surface area contributed by atoms with Crippen LogP contribution in [0.15, 0.2) is 12.3 Å². The Hall–Kier alpha value is -2.67. The van der Waals surface area contributed by atoms with Gasteiger partial charge in [-0.05, 0) is 18.9 Å². The minimum absolute atomic E-state index is 0.0238. The summed E-state index contributed by atoms with van der Waals surface area (Å²) in [6, 6.07) is -0.953. The summed E-state index contributed by atoms with van der Waals surface area (Å²) in [7, 11) is 0. The first-order valence-corrected chi connectivity index (χ1v) is 9.52. The lowest BCUT2D eigenvalue weighted by atomic mass is 10.1. The van der Waals surface area contributed by atoms with Crippen LogP contribution in [-0.4, -0.2) is 48.7 Å². The fourth-order valence-corrected chi connectivity index (χ4v) is 4.13. The van der Waals surface area contributed by atoms with Crippen LogP contribution >= 0.6 is 0 Å². The van der Waals surface area contributed by atoms with Gasteiger partial charge in [0.1, 0.15) is 0 Å². The van der Waals surface area contributed by atoms with Gasteiger partial charge in [0.05, 0.1) is 0 Å². The number of nitrogens with zero attached hydrogens (tertiary/aromatic N) is 6. The largest absolute Gasteiger partial charge is 0.435 e. The van der Waals surface area contributed by atoms with Crippen molar-refractivity contribution in [3.8, 4) is 5.95 Å². The summed E-state index contributed by atoms with van der Waals surface area (Å²) in [6.45, 7) is 0. The maximum atomic E-state index is 13.9. The SMILES string of the molecule is Nc1nc(N(C2CCC(F)(F)C2)C2CCC(F)(F)C2)nc(-n2ccc(C(F)(F)F)n2)n1. The quantitative estimate of drug-likeness (QED) is 0.709. The minimum atomic E-state index is -4.70. The number of halogens is 7. The van der Waals surface area contributed by atoms with E-state index in [1.807, 2.05) is 0 Å². The van der Waals surface area contributed by atoms with Gasteiger partial charge in [-0.2, -0.15) is 33.2 Å². The molecule has 2 heterocycles. The van der Waals surface area contributed by atoms with Crippen molar-refractivity contribution in [1.82, 2.24) is 24.7 Å². The number of anilines is 2. The van der Waals surface area contributed by atoms with E-state index < -0.39 is 67.4 Å². The molecule has 0 spiro atoms. The Bertz CT molecular complexity index is 933. The molecule has 2 unspecified atom stereocenters. The van der Waals surface area contributed by atoms with Crippen LogP contribution in [0.5, 0.6) is 0 Å². The summed E-state index contributed by atoms with van der Waals surface area (Å²) in [6.07, 6.45) is -5.68. The monoisotopic (exact) mass is 453 g/mol. The fraction of sp³-hybridized carbons (Fsp3) is 0.647. The molecule has 4 rings (SSSR count). The van der Waals surface area contributed by atoms with Crippen LogP contribution in [0.4, 0.5) is 42.6 Å². The first kappa shape index (κ1) is 21.6. The van der Waals surface area contributed by atoms with Gasteiger partial charge in [-0.15, -0.1) is 0 Å². The van der Waals surface area contributed by atoms with E-state index in [-0.39, 0.29) is 24.7 Å². The molecule has 0 aromatic carbocycles. The van der Waals surface area contributed by atoms with Crippen molar-refractivity contribution in [2.24, 2.45) is 0 Å². The minimum Gasteiger partial charge on any atom is -0.368 e. The third kappa shape index (κ3) is 4.51. The van der Waals surface area contributed by atoms with Gasteiger partial charge in [0.25, 0.3) is 5.95 Å². The second-order valence-electron chi connectivity index (χ2n) is 7.85. The zero-order chi connectivity index (χ0) is 22.6. The van der Waals surface area contributed by atoms with E-state index in [4.69, 9.17) is 5.73 Å². The van der Waals surface area contributed by atoms with Gasteiger partial charge in [0, 0.05) is 44.0 Å². The predicted octanol–water partition coefficient (Wildman–Crippen LogP) is 3.84. The molecule has 0 bridgehead atoms. The first-order valence-electron chi connectivity index (χ1n) is 9.52. The Morgan fingerprint density at radius 3 is 2.00 bits per heavy atom. The molecule has 0 saturated heterocycles. The number of aromatic nitrogens is 5. The number of rotatable bonds is 4. The smallest absolute Gasteiger partial charge is 0.368 e. The highest BCUT2D eigenvalue weighted by atomic mass is 19.4. The molecule has 2 aromatic rings. The molecule has 2 fully saturated rings. The van der Waals surface area contributed by atoms with Crippen LogP contribution in [0.1, 0.15) is 44.2 Å². The molecule has 0 aliphatic heterocycles. The van der Waals surface area contributed by atoms with Crippen LogP contribution < -0.4 is 10.6 Å². The number of alkyl halides is 7. The Kier molecular flexibility index (Phi) is 5.00. The van der Waals surface area contributed by atoms with Crippen LogP contribution in [0.3, 0.4) is 0 Å². The zero-order valence-corrected chi connectivity index (χ0v) is 16.0. The van der Waals surface area contributed by atoms with Crippen LogP contribution in [0.25, 0.3) is 5.95 Å². The summed E-state index contributed by atoms with van der Waals surface area (Å²) < 4.78 is 94.8. The lowest BCUT2D eigenvalue weighted by molar-refractivity contribution is -0.141. The number of hydrogen-bond donors (Lipinski definition) is 1. The number of hydrogen-bond acceptors (Lipinski definition) is 6. The molecule has 2 atom stereocenters. The second kappa shape index (κ2) is 7.19. The van der Waals surface area contributed by atoms with Crippen LogP contribution in [0.2, 0.25) is 0 Å². The van der Waals surface area contributed by atoms with Crippen molar-refractivity contribution in [3.63, 3.8) is 0 Å². The standard InChI is InChI=1S/C17H18F7N7/c18-15(19)4-1-9(7-15)31(10-2-5-16(20,21)8-10)14-27-12(25)26-13(28-14)30-6-3-11(29-30)17(22,23)24/h3,6,9-10H,1-2,4-5,7-8H2,(H2,25,26,27,28). The molecule has 31 heavy (non-hydrogen) atoms. The normalized spacial score (nSPS) is 25.1. The molecular weight excluding hydrogens is 435 g/mol. The van der Waals surface area contributed by atoms with E-state index in [9.17, 15) is 30.7 Å². The maximum Gasteiger partial charge on any atom is 0.435 e. The van der Waals surface area contributed by atoms with E-state index in [1.165, 1.54) is 4.90 Å². The molecule has 7 nitrogen and oxygen atoms in total. The Balaban J connectivity index is 1.72. The molecule has 0 radical (unpaired) electrons. The molecule has 2 saturated carbocycles. The van der Waals surface area contributed by atoms with Crippen molar-refractivity contribution in [2.45, 2.75) is 68.6 Å². The second-order valence-corrected chi connectivity index (χ2v) is 7.85. The molecule has 170 valence electrons. The van der Waals surface area contributed by atoms with Crippen molar-refractivity contribution < 1.29 is 30.7 Å². The predicted molar refractivity (Wildman–Crippen MR) is 94.0 cm³/mol. The van der Waals surface area contributed by atoms with E-state index in [0.29, 0.717) is 6.07 Å². The van der Waals surface area contributed by atoms with Gasteiger partial charge in [-0.1, -0.05) is 0 Å². The molecule has 2 aliphatic rings. The summed E-state index contributed by atoms with van der Waals surface area (Å²) >= 11 is 0. The van der Waals surface area contributed by atoms with Crippen LogP contribution in [-0.2, 0) is 6.18 Å². The zero-order valence-electron chi connectivity index (χ0n) is 16.0. The van der Waals surface area contributed by atoms with Crippen molar-refractivity contribution in [3.05, 3.63) is 18.0 Å². The first-order chi connectivity index (χ1) is 14.3. The van der Waals surface area contributed by atoms with Crippen molar-refractivity contribution >= 4 is 11.9 Å². The summed E-state index contributed by atoms with van der Waals surface area (Å²) in [5.41, 5.74) is 4.48. The number of nitrogen functional groups attached to an aromatic ring is 1. The van der Waals surface area contributed by atoms with E-state index >= 15 is 0 Å². The third-order valence-corrected chi connectivity index (χ3v) is 5.49. The lowest BCUT2D eigenvalue weighted by Gasteiger charge is -2.34. The lowest BCUT2D eigenvalue weighted by Crippen LogP contribution is -2.43. The summed E-state index contributed by atoms with van der Waals surface area (Å²) in [5.74, 6) is -6.94. The van der Waals surface area contributed by atoms with E-state index in [2.05, 4.69) is 20.1 Å². The average Bonchev–Trinajstić information content (AvgIpc) is 3.33. The molecule has 2 aliphatic carbocycles. The van der Waals surface area contributed by atoms with Crippen molar-refractivity contribution in [1.29, 1.82) is 0 Å². The Labute approximate surface area is 171 Å². The van der Waals surface area contributed by atoms with Crippen LogP contribution in [0, 0.1) is 0 Å². The van der Waals surface area contributed by atoms with E-state index in [1.54, 1.807) is 0 Å². The molecule has 2 aromatic heterocycles. The number of nitrogens with two attached hydrogens (primary N) is 1. The average molecular weight is 453 g/mol. The topological polar surface area (TPSA) is 85.8 Å². The van der Waals surface area contributed by atoms with Gasteiger partial charge in [-0.25, -0.2) is 22.2 Å². The van der Waals surface area contributed by atoms with Gasteiger partial charge >= 0.3 is 6.18 Å². The molecule has 0 amide bonds. The summed E-state index contributed by atoms with van der Waals surface area (Å²) in [4.78, 5) is 13.0. The third-order valence-electron chi connectivity index (χ3n) is 5.49. The van der Waals surface area contributed by atoms with Gasteiger partial charge in [0.15, 0.2) is 5.69 Å². The van der Waals surface area contributed by atoms with Gasteiger partial charge in [-0.3, -0.25) is 0 Å². The highest BCUT2D eigenvalue weighted by Crippen LogP contribution is 2.44. The highest BCUT2D eigenvalue weighted by molar-refractivity contribution is 5.41. The molecular formula is C17H18F7N7. The maximum absolute atomic E-state index is 13.9.